The minimum absolute atomic E-state index is 0.0798. The molecule has 1 unspecified atom stereocenters. The molecule has 8 heteroatoms. The van der Waals surface area contributed by atoms with E-state index >= 15 is 0 Å². The summed E-state index contributed by atoms with van der Waals surface area (Å²) in [5, 5.41) is 0.768. The summed E-state index contributed by atoms with van der Waals surface area (Å²) in [4.78, 5) is 17.2. The van der Waals surface area contributed by atoms with Crippen LogP contribution >= 0.6 is 8.25 Å². The first-order valence-electron chi connectivity index (χ1n) is 7.08. The van der Waals surface area contributed by atoms with Crippen LogP contribution in [0.5, 0.6) is 17.4 Å². The first kappa shape index (κ1) is 16.4. The van der Waals surface area contributed by atoms with Crippen LogP contribution in [0.1, 0.15) is 5.56 Å². The van der Waals surface area contributed by atoms with Gasteiger partial charge in [-0.05, 0) is 29.8 Å². The number of nitrogens with zero attached hydrogens (tertiary/aromatic N) is 2. The smallest absolute Gasteiger partial charge is 0.316 e. The van der Waals surface area contributed by atoms with Gasteiger partial charge in [0.25, 0.3) is 0 Å². The lowest BCUT2D eigenvalue weighted by atomic mass is 10.2. The zero-order chi connectivity index (χ0) is 16.9. The van der Waals surface area contributed by atoms with E-state index in [0.29, 0.717) is 23.0 Å². The number of aromatic nitrogens is 2. The molecule has 0 fully saturated rings. The molecule has 0 aliphatic rings. The number of fused-ring (bicyclic) bond motifs is 1. The molecule has 1 N–H and O–H groups in total. The number of ether oxygens (including phenoxy) is 2. The number of benzene rings is 1. The Morgan fingerprint density at radius 1 is 1.12 bits per heavy atom. The molecule has 1 aromatic carbocycles. The molecule has 0 aliphatic carbocycles. The van der Waals surface area contributed by atoms with Gasteiger partial charge in [-0.15, -0.1) is 0 Å². The first-order valence-corrected chi connectivity index (χ1v) is 8.34. The quantitative estimate of drug-likeness (QED) is 0.685. The first-order chi connectivity index (χ1) is 11.7. The highest BCUT2D eigenvalue weighted by Crippen LogP contribution is 2.29. The molecule has 2 aromatic heterocycles. The fourth-order valence-electron chi connectivity index (χ4n) is 2.12. The molecule has 0 bridgehead atoms. The standard InChI is InChI=1S/C16H15N2O5P/c1-21-15-7-6-13-14(8-9-17-16(13)18-15)23-12-4-2-11(3-5-12)10-22-24(19)20/h2-9,24H,10H2,1H3,(H,19,20). The van der Waals surface area contributed by atoms with Crippen molar-refractivity contribution in [2.75, 3.05) is 7.11 Å². The summed E-state index contributed by atoms with van der Waals surface area (Å²) in [6, 6.07) is 12.4. The second-order valence-corrected chi connectivity index (χ2v) is 5.65. The summed E-state index contributed by atoms with van der Waals surface area (Å²) in [7, 11) is -1.38. The summed E-state index contributed by atoms with van der Waals surface area (Å²) >= 11 is 0. The minimum atomic E-state index is -2.93. The highest BCUT2D eigenvalue weighted by Gasteiger charge is 2.07. The third kappa shape index (κ3) is 3.89. The average Bonchev–Trinajstić information content (AvgIpc) is 2.61. The molecule has 3 rings (SSSR count). The van der Waals surface area contributed by atoms with E-state index in [2.05, 4.69) is 9.97 Å². The predicted molar refractivity (Wildman–Crippen MR) is 88.6 cm³/mol. The van der Waals surface area contributed by atoms with Crippen LogP contribution in [0.25, 0.3) is 11.0 Å². The van der Waals surface area contributed by atoms with Crippen molar-refractivity contribution in [1.29, 1.82) is 0 Å². The lowest BCUT2D eigenvalue weighted by molar-refractivity contribution is 0.272. The lowest BCUT2D eigenvalue weighted by Gasteiger charge is -2.09. The number of methoxy groups -OCH3 is 1. The second kappa shape index (κ2) is 7.40. The molecule has 0 spiro atoms. The second-order valence-electron chi connectivity index (χ2n) is 4.83. The predicted octanol–water partition coefficient (Wildman–Crippen LogP) is 3.33. The molecule has 0 aliphatic heterocycles. The SMILES string of the molecule is COc1ccc2c(Oc3ccc(CO[PH](=O)O)cc3)ccnc2n1. The van der Waals surface area contributed by atoms with Crippen molar-refractivity contribution in [3.05, 3.63) is 54.2 Å². The van der Waals surface area contributed by atoms with Gasteiger partial charge in [0.05, 0.1) is 19.1 Å². The van der Waals surface area contributed by atoms with Gasteiger partial charge >= 0.3 is 8.25 Å². The minimum Gasteiger partial charge on any atom is -0.481 e. The Morgan fingerprint density at radius 2 is 1.92 bits per heavy atom. The van der Waals surface area contributed by atoms with Gasteiger partial charge in [-0.2, -0.15) is 4.98 Å². The average molecular weight is 346 g/mol. The van der Waals surface area contributed by atoms with Crippen LogP contribution in [-0.4, -0.2) is 22.0 Å². The van der Waals surface area contributed by atoms with Crippen LogP contribution in [-0.2, 0) is 15.7 Å². The fourth-order valence-corrected chi connectivity index (χ4v) is 2.41. The molecule has 24 heavy (non-hydrogen) atoms. The van der Waals surface area contributed by atoms with Crippen molar-refractivity contribution in [3.63, 3.8) is 0 Å². The van der Waals surface area contributed by atoms with Crippen LogP contribution < -0.4 is 9.47 Å². The Kier molecular flexibility index (Phi) is 5.05. The maximum absolute atomic E-state index is 10.6. The van der Waals surface area contributed by atoms with Crippen LogP contribution in [0, 0.1) is 0 Å². The van der Waals surface area contributed by atoms with E-state index < -0.39 is 8.25 Å². The van der Waals surface area contributed by atoms with Gasteiger partial charge in [0.1, 0.15) is 11.5 Å². The molecular weight excluding hydrogens is 331 g/mol. The molecule has 0 amide bonds. The fraction of sp³-hybridized carbons (Fsp3) is 0.125. The zero-order valence-corrected chi connectivity index (χ0v) is 13.8. The van der Waals surface area contributed by atoms with E-state index in [1.807, 2.05) is 6.07 Å². The van der Waals surface area contributed by atoms with Gasteiger partial charge in [-0.3, -0.25) is 4.57 Å². The van der Waals surface area contributed by atoms with E-state index in [4.69, 9.17) is 18.9 Å². The Labute approximate surface area is 138 Å². The molecule has 0 radical (unpaired) electrons. The van der Waals surface area contributed by atoms with Crippen molar-refractivity contribution in [2.24, 2.45) is 0 Å². The zero-order valence-electron chi connectivity index (χ0n) is 12.8. The lowest BCUT2D eigenvalue weighted by Crippen LogP contribution is -1.93. The van der Waals surface area contributed by atoms with E-state index in [1.165, 1.54) is 0 Å². The number of hydrogen-bond acceptors (Lipinski definition) is 6. The topological polar surface area (TPSA) is 90.8 Å². The molecule has 0 saturated heterocycles. The van der Waals surface area contributed by atoms with Gasteiger partial charge in [0, 0.05) is 12.3 Å². The summed E-state index contributed by atoms with van der Waals surface area (Å²) in [6.45, 7) is 0.0798. The summed E-state index contributed by atoms with van der Waals surface area (Å²) in [6.07, 6.45) is 1.62. The van der Waals surface area contributed by atoms with E-state index in [0.717, 1.165) is 10.9 Å². The Hall–Kier alpha value is -2.47. The van der Waals surface area contributed by atoms with Crippen LogP contribution in [0.3, 0.4) is 0 Å². The van der Waals surface area contributed by atoms with Gasteiger partial charge in [0.2, 0.25) is 5.88 Å². The maximum atomic E-state index is 10.6. The summed E-state index contributed by atoms with van der Waals surface area (Å²) in [5.41, 5.74) is 1.31. The molecule has 7 nitrogen and oxygen atoms in total. The number of hydrogen-bond donors (Lipinski definition) is 1. The monoisotopic (exact) mass is 346 g/mol. The van der Waals surface area contributed by atoms with Crippen LogP contribution in [0.4, 0.5) is 0 Å². The normalized spacial score (nSPS) is 12.1. The van der Waals surface area contributed by atoms with E-state index in [1.54, 1.807) is 49.7 Å². The summed E-state index contributed by atoms with van der Waals surface area (Å²) in [5.74, 6) is 1.73. The van der Waals surface area contributed by atoms with Crippen molar-refractivity contribution < 1.29 is 23.5 Å². The number of pyridine rings is 2. The molecule has 3 aromatic rings. The highest BCUT2D eigenvalue weighted by atomic mass is 31.1. The maximum Gasteiger partial charge on any atom is 0.316 e. The summed E-state index contributed by atoms with van der Waals surface area (Å²) < 4.78 is 26.2. The Morgan fingerprint density at radius 3 is 2.62 bits per heavy atom. The Bertz CT molecular complexity index is 870. The van der Waals surface area contributed by atoms with Crippen molar-refractivity contribution in [2.45, 2.75) is 6.61 Å². The molecule has 0 saturated carbocycles. The van der Waals surface area contributed by atoms with E-state index in [-0.39, 0.29) is 6.61 Å². The van der Waals surface area contributed by atoms with Crippen LogP contribution in [0.2, 0.25) is 0 Å². The van der Waals surface area contributed by atoms with Gasteiger partial charge < -0.3 is 18.9 Å². The third-order valence-electron chi connectivity index (χ3n) is 3.26. The largest absolute Gasteiger partial charge is 0.481 e. The van der Waals surface area contributed by atoms with Crippen LogP contribution in [0.15, 0.2) is 48.7 Å². The highest BCUT2D eigenvalue weighted by molar-refractivity contribution is 7.32. The van der Waals surface area contributed by atoms with Gasteiger partial charge in [-0.1, -0.05) is 12.1 Å². The van der Waals surface area contributed by atoms with E-state index in [9.17, 15) is 4.57 Å². The van der Waals surface area contributed by atoms with Crippen molar-refractivity contribution >= 4 is 19.3 Å². The number of rotatable bonds is 6. The molecular formula is C16H15N2O5P. The third-order valence-corrected chi connectivity index (χ3v) is 3.65. The Balaban J connectivity index is 1.80. The van der Waals surface area contributed by atoms with Crippen molar-refractivity contribution in [3.8, 4) is 17.4 Å². The molecule has 2 heterocycles. The van der Waals surface area contributed by atoms with Crippen molar-refractivity contribution in [1.82, 2.24) is 9.97 Å². The van der Waals surface area contributed by atoms with Gasteiger partial charge in [0.15, 0.2) is 5.65 Å². The molecule has 1 atom stereocenters. The van der Waals surface area contributed by atoms with Gasteiger partial charge in [-0.25, -0.2) is 4.98 Å². The molecule has 124 valence electrons.